The summed E-state index contributed by atoms with van der Waals surface area (Å²) in [7, 11) is 0. The molecule has 8 heteroatoms. The summed E-state index contributed by atoms with van der Waals surface area (Å²) in [5.41, 5.74) is 4.04. The Balaban J connectivity index is 1.25. The molecule has 0 spiro atoms. The van der Waals surface area contributed by atoms with Crippen LogP contribution in [0.1, 0.15) is 49.0 Å². The molecule has 0 aliphatic carbocycles. The van der Waals surface area contributed by atoms with E-state index in [1.807, 2.05) is 17.9 Å². The molecule has 2 aromatic heterocycles. The molecule has 2 aromatic carbocycles. The number of rotatable bonds is 3. The zero-order chi connectivity index (χ0) is 24.1. The van der Waals surface area contributed by atoms with Crippen molar-refractivity contribution in [2.24, 2.45) is 0 Å². The zero-order valence-electron chi connectivity index (χ0n) is 19.3. The van der Waals surface area contributed by atoms with Crippen LogP contribution in [0.25, 0.3) is 10.9 Å². The van der Waals surface area contributed by atoms with Gasteiger partial charge in [-0.3, -0.25) is 19.0 Å². The summed E-state index contributed by atoms with van der Waals surface area (Å²) in [6, 6.07) is 12.5. The van der Waals surface area contributed by atoms with Crippen LogP contribution in [0.5, 0.6) is 0 Å². The molecule has 4 heterocycles. The Morgan fingerprint density at radius 1 is 1.09 bits per heavy atom. The van der Waals surface area contributed by atoms with Crippen LogP contribution < -0.4 is 10.9 Å². The van der Waals surface area contributed by atoms with Gasteiger partial charge in [-0.05, 0) is 72.7 Å². The van der Waals surface area contributed by atoms with E-state index in [1.165, 1.54) is 10.4 Å². The van der Waals surface area contributed by atoms with Crippen molar-refractivity contribution in [3.63, 3.8) is 0 Å². The summed E-state index contributed by atoms with van der Waals surface area (Å²) in [5.74, 6) is 0.442. The van der Waals surface area contributed by atoms with Crippen LogP contribution in [0.15, 0.2) is 52.6 Å². The predicted molar refractivity (Wildman–Crippen MR) is 136 cm³/mol. The van der Waals surface area contributed by atoms with Gasteiger partial charge in [0, 0.05) is 47.7 Å². The maximum Gasteiger partial charge on any atom is 0.261 e. The predicted octanol–water partition coefficient (Wildman–Crippen LogP) is 4.16. The number of thiophene rings is 1. The molecule has 2 amide bonds. The van der Waals surface area contributed by atoms with Crippen LogP contribution in [-0.4, -0.2) is 32.8 Å². The number of anilines is 1. The van der Waals surface area contributed by atoms with E-state index >= 15 is 0 Å². The quantitative estimate of drug-likeness (QED) is 0.473. The normalized spacial score (nSPS) is 14.6. The number of fused-ring (bicyclic) bond motifs is 3. The molecule has 0 unspecified atom stereocenters. The molecular weight excluding hydrogens is 460 g/mol. The molecule has 7 nitrogen and oxygen atoms in total. The number of aryl methyl sites for hydroxylation is 1. The average Bonchev–Trinajstić information content (AvgIpc) is 3.54. The molecule has 2 aliphatic heterocycles. The van der Waals surface area contributed by atoms with E-state index in [4.69, 9.17) is 0 Å². The van der Waals surface area contributed by atoms with Gasteiger partial charge < -0.3 is 10.2 Å². The number of hydrogen-bond donors (Lipinski definition) is 1. The van der Waals surface area contributed by atoms with Crippen molar-refractivity contribution in [1.29, 1.82) is 0 Å². The van der Waals surface area contributed by atoms with Gasteiger partial charge in [0.2, 0.25) is 0 Å². The third kappa shape index (κ3) is 3.74. The lowest BCUT2D eigenvalue weighted by Gasteiger charge is -2.28. The summed E-state index contributed by atoms with van der Waals surface area (Å²) in [4.78, 5) is 47.0. The van der Waals surface area contributed by atoms with Crippen molar-refractivity contribution in [2.45, 2.75) is 39.3 Å². The standard InChI is InChI=1S/C27H24N4O3S/c1-16-19(26(33)30-12-9-23-18(15-30)10-13-35-23)4-2-5-21(16)29-25(32)17-7-8-20-22(14-17)28-24-6-3-11-31(24)27(20)34/h2,4-5,7-8,10,13-14H,3,6,9,11-12,15H2,1H3,(H,29,32). The summed E-state index contributed by atoms with van der Waals surface area (Å²) in [6.07, 6.45) is 2.55. The van der Waals surface area contributed by atoms with E-state index in [2.05, 4.69) is 21.7 Å². The fourth-order valence-electron chi connectivity index (χ4n) is 5.01. The Kier molecular flexibility index (Phi) is 5.25. The van der Waals surface area contributed by atoms with E-state index in [1.54, 1.807) is 46.2 Å². The first kappa shape index (κ1) is 21.7. The van der Waals surface area contributed by atoms with Crippen molar-refractivity contribution in [3.8, 4) is 0 Å². The third-order valence-corrected chi connectivity index (χ3v) is 8.01. The maximum absolute atomic E-state index is 13.3. The van der Waals surface area contributed by atoms with Crippen molar-refractivity contribution < 1.29 is 9.59 Å². The van der Waals surface area contributed by atoms with Crippen LogP contribution in [0, 0.1) is 6.92 Å². The highest BCUT2D eigenvalue weighted by Crippen LogP contribution is 2.27. The Hall–Kier alpha value is -3.78. The summed E-state index contributed by atoms with van der Waals surface area (Å²) in [6.45, 7) is 3.85. The Labute approximate surface area is 206 Å². The van der Waals surface area contributed by atoms with Crippen LogP contribution in [-0.2, 0) is 25.9 Å². The highest BCUT2D eigenvalue weighted by molar-refractivity contribution is 7.10. The topological polar surface area (TPSA) is 84.3 Å². The lowest BCUT2D eigenvalue weighted by Crippen LogP contribution is -2.35. The molecule has 6 rings (SSSR count). The highest BCUT2D eigenvalue weighted by atomic mass is 32.1. The summed E-state index contributed by atoms with van der Waals surface area (Å²) >= 11 is 1.74. The first-order valence-corrected chi connectivity index (χ1v) is 12.7. The molecule has 0 radical (unpaired) electrons. The van der Waals surface area contributed by atoms with Gasteiger partial charge in [0.15, 0.2) is 0 Å². The van der Waals surface area contributed by atoms with E-state index in [-0.39, 0.29) is 17.4 Å². The minimum Gasteiger partial charge on any atom is -0.334 e. The van der Waals surface area contributed by atoms with E-state index < -0.39 is 0 Å². The first-order chi connectivity index (χ1) is 17.0. The van der Waals surface area contributed by atoms with Gasteiger partial charge in [-0.15, -0.1) is 11.3 Å². The lowest BCUT2D eigenvalue weighted by atomic mass is 10.0. The zero-order valence-corrected chi connectivity index (χ0v) is 20.2. The molecule has 176 valence electrons. The average molecular weight is 485 g/mol. The van der Waals surface area contributed by atoms with Crippen LogP contribution in [0.4, 0.5) is 5.69 Å². The van der Waals surface area contributed by atoms with Gasteiger partial charge in [-0.25, -0.2) is 4.98 Å². The number of amides is 2. The molecule has 1 N–H and O–H groups in total. The number of carbonyl (C=O) groups excluding carboxylic acids is 2. The minimum absolute atomic E-state index is 0.0281. The second kappa shape index (κ2) is 8.46. The van der Waals surface area contributed by atoms with E-state index in [0.29, 0.717) is 47.4 Å². The van der Waals surface area contributed by atoms with Crippen LogP contribution >= 0.6 is 11.3 Å². The SMILES string of the molecule is Cc1c(NC(=O)c2ccc3c(=O)n4c(nc3c2)CCC4)cccc1C(=O)N1CCc2sccc2C1. The first-order valence-electron chi connectivity index (χ1n) is 11.8. The minimum atomic E-state index is -0.303. The van der Waals surface area contributed by atoms with Crippen molar-refractivity contribution >= 4 is 39.7 Å². The van der Waals surface area contributed by atoms with Gasteiger partial charge in [0.1, 0.15) is 5.82 Å². The number of nitrogens with zero attached hydrogens (tertiary/aromatic N) is 3. The smallest absolute Gasteiger partial charge is 0.261 e. The number of benzene rings is 2. The fourth-order valence-corrected chi connectivity index (χ4v) is 5.90. The van der Waals surface area contributed by atoms with Crippen LogP contribution in [0.3, 0.4) is 0 Å². The third-order valence-electron chi connectivity index (χ3n) is 6.99. The van der Waals surface area contributed by atoms with Gasteiger partial charge in [-0.1, -0.05) is 6.07 Å². The maximum atomic E-state index is 13.3. The lowest BCUT2D eigenvalue weighted by molar-refractivity contribution is 0.0735. The molecule has 4 aromatic rings. The molecule has 0 bridgehead atoms. The van der Waals surface area contributed by atoms with Crippen molar-refractivity contribution in [1.82, 2.24) is 14.5 Å². The Bertz CT molecular complexity index is 1570. The van der Waals surface area contributed by atoms with Crippen LogP contribution in [0.2, 0.25) is 0 Å². The van der Waals surface area contributed by atoms with Gasteiger partial charge in [0.05, 0.1) is 10.9 Å². The van der Waals surface area contributed by atoms with Gasteiger partial charge in [-0.2, -0.15) is 0 Å². The monoisotopic (exact) mass is 484 g/mol. The molecule has 35 heavy (non-hydrogen) atoms. The van der Waals surface area contributed by atoms with E-state index in [0.717, 1.165) is 30.7 Å². The van der Waals surface area contributed by atoms with Gasteiger partial charge in [0.25, 0.3) is 17.4 Å². The number of aromatic nitrogens is 2. The van der Waals surface area contributed by atoms with E-state index in [9.17, 15) is 14.4 Å². The molecule has 0 fully saturated rings. The van der Waals surface area contributed by atoms with Gasteiger partial charge >= 0.3 is 0 Å². The summed E-state index contributed by atoms with van der Waals surface area (Å²) in [5, 5.41) is 5.54. The van der Waals surface area contributed by atoms with Crippen molar-refractivity contribution in [3.05, 3.63) is 91.2 Å². The number of carbonyl (C=O) groups is 2. The Morgan fingerprint density at radius 2 is 1.97 bits per heavy atom. The largest absolute Gasteiger partial charge is 0.334 e. The second-order valence-corrected chi connectivity index (χ2v) is 10.1. The fraction of sp³-hybridized carbons (Fsp3) is 0.259. The molecule has 0 saturated carbocycles. The molecule has 2 aliphatic rings. The second-order valence-electron chi connectivity index (χ2n) is 9.10. The highest BCUT2D eigenvalue weighted by Gasteiger charge is 2.24. The summed E-state index contributed by atoms with van der Waals surface area (Å²) < 4.78 is 1.72. The van der Waals surface area contributed by atoms with Crippen molar-refractivity contribution in [2.75, 3.05) is 11.9 Å². The number of nitrogens with one attached hydrogen (secondary N) is 1. The number of hydrogen-bond acceptors (Lipinski definition) is 5. The molecule has 0 atom stereocenters. The molecule has 0 saturated heterocycles. The Morgan fingerprint density at radius 3 is 2.86 bits per heavy atom. The molecular formula is C27H24N4O3S.